The normalized spacial score (nSPS) is 20.4. The first-order valence-corrected chi connectivity index (χ1v) is 6.16. The van der Waals surface area contributed by atoms with Crippen LogP contribution in [0, 0.1) is 0 Å². The molecule has 0 spiro atoms. The molecule has 5 heteroatoms. The van der Waals surface area contributed by atoms with Gasteiger partial charge in [0.15, 0.2) is 0 Å². The lowest BCUT2D eigenvalue weighted by atomic mass is 10.2. The van der Waals surface area contributed by atoms with E-state index in [0.29, 0.717) is 30.4 Å². The van der Waals surface area contributed by atoms with E-state index in [0.717, 1.165) is 12.8 Å². The molecule has 3 rings (SSSR count). The fourth-order valence-corrected chi connectivity index (χ4v) is 2.30. The monoisotopic (exact) mass is 245 g/mol. The number of imide groups is 1. The molecule has 18 heavy (non-hydrogen) atoms. The Morgan fingerprint density at radius 2 is 2.00 bits per heavy atom. The summed E-state index contributed by atoms with van der Waals surface area (Å²) >= 11 is 0. The number of carbonyl (C=O) groups excluding carboxylic acids is 2. The molecule has 2 aliphatic rings. The maximum Gasteiger partial charge on any atom is 0.331 e. The Hall–Kier alpha value is -2.04. The predicted molar refractivity (Wildman–Crippen MR) is 68.1 cm³/mol. The molecule has 1 saturated heterocycles. The average Bonchev–Trinajstić information content (AvgIpc) is 3.13. The molecule has 0 unspecified atom stereocenters. The molecular formula is C13H15N3O2. The van der Waals surface area contributed by atoms with E-state index in [2.05, 4.69) is 0 Å². The van der Waals surface area contributed by atoms with Crippen LogP contribution < -0.4 is 10.6 Å². The second-order valence-corrected chi connectivity index (χ2v) is 4.78. The number of nitrogens with two attached hydrogens (primary N) is 1. The number of rotatable bonds is 2. The summed E-state index contributed by atoms with van der Waals surface area (Å²) in [6, 6.07) is 7.01. The van der Waals surface area contributed by atoms with Crippen molar-refractivity contribution in [1.82, 2.24) is 4.90 Å². The highest BCUT2D eigenvalue weighted by molar-refractivity contribution is 6.16. The molecule has 1 aliphatic carbocycles. The Morgan fingerprint density at radius 3 is 2.67 bits per heavy atom. The number of urea groups is 1. The van der Waals surface area contributed by atoms with Crippen molar-refractivity contribution in [3.05, 3.63) is 24.3 Å². The average molecular weight is 245 g/mol. The van der Waals surface area contributed by atoms with Crippen LogP contribution >= 0.6 is 0 Å². The van der Waals surface area contributed by atoms with Gasteiger partial charge in [-0.05, 0) is 31.0 Å². The summed E-state index contributed by atoms with van der Waals surface area (Å²) in [6.45, 7) is 0.543. The van der Waals surface area contributed by atoms with Crippen LogP contribution in [0.1, 0.15) is 19.3 Å². The molecule has 2 N–H and O–H groups in total. The molecule has 0 bridgehead atoms. The van der Waals surface area contributed by atoms with E-state index < -0.39 is 0 Å². The maximum atomic E-state index is 12.3. The summed E-state index contributed by atoms with van der Waals surface area (Å²) < 4.78 is 0. The lowest BCUT2D eigenvalue weighted by Gasteiger charge is -2.34. The van der Waals surface area contributed by atoms with Crippen molar-refractivity contribution in [1.29, 1.82) is 0 Å². The Morgan fingerprint density at radius 1 is 1.22 bits per heavy atom. The van der Waals surface area contributed by atoms with Gasteiger partial charge in [0.05, 0.1) is 5.69 Å². The summed E-state index contributed by atoms with van der Waals surface area (Å²) in [4.78, 5) is 27.3. The van der Waals surface area contributed by atoms with Crippen molar-refractivity contribution < 1.29 is 9.59 Å². The third-order valence-electron chi connectivity index (χ3n) is 3.37. The molecule has 3 amide bonds. The molecule has 5 nitrogen and oxygen atoms in total. The van der Waals surface area contributed by atoms with E-state index in [1.807, 2.05) is 0 Å². The van der Waals surface area contributed by atoms with E-state index in [1.54, 1.807) is 29.2 Å². The van der Waals surface area contributed by atoms with Gasteiger partial charge in [-0.2, -0.15) is 0 Å². The van der Waals surface area contributed by atoms with E-state index in [4.69, 9.17) is 5.73 Å². The van der Waals surface area contributed by atoms with Crippen LogP contribution in [0.5, 0.6) is 0 Å². The first kappa shape index (κ1) is 11.1. The topological polar surface area (TPSA) is 66.6 Å². The van der Waals surface area contributed by atoms with Crippen molar-refractivity contribution in [3.63, 3.8) is 0 Å². The number of anilines is 2. The Kier molecular flexibility index (Phi) is 2.47. The van der Waals surface area contributed by atoms with Gasteiger partial charge in [-0.25, -0.2) is 9.69 Å². The molecule has 0 atom stereocenters. The zero-order valence-electron chi connectivity index (χ0n) is 10.0. The van der Waals surface area contributed by atoms with Gasteiger partial charge >= 0.3 is 6.03 Å². The summed E-state index contributed by atoms with van der Waals surface area (Å²) in [5.41, 5.74) is 6.82. The van der Waals surface area contributed by atoms with Crippen LogP contribution in [0.15, 0.2) is 24.3 Å². The van der Waals surface area contributed by atoms with Gasteiger partial charge in [0, 0.05) is 24.7 Å². The first-order valence-electron chi connectivity index (χ1n) is 6.16. The highest BCUT2D eigenvalue weighted by atomic mass is 16.2. The van der Waals surface area contributed by atoms with Gasteiger partial charge in [0.1, 0.15) is 0 Å². The molecule has 1 heterocycles. The zero-order valence-corrected chi connectivity index (χ0v) is 10.0. The molecule has 0 radical (unpaired) electrons. The van der Waals surface area contributed by atoms with E-state index >= 15 is 0 Å². The Bertz CT molecular complexity index is 511. The third kappa shape index (κ3) is 1.81. The van der Waals surface area contributed by atoms with Crippen molar-refractivity contribution in [3.8, 4) is 0 Å². The van der Waals surface area contributed by atoms with Crippen LogP contribution in [0.4, 0.5) is 16.2 Å². The minimum Gasteiger partial charge on any atom is -0.399 e. The Labute approximate surface area is 105 Å². The molecule has 1 aromatic rings. The third-order valence-corrected chi connectivity index (χ3v) is 3.37. The van der Waals surface area contributed by atoms with Crippen LogP contribution in [-0.4, -0.2) is 29.4 Å². The minimum absolute atomic E-state index is 0.150. The van der Waals surface area contributed by atoms with Crippen LogP contribution in [0.2, 0.25) is 0 Å². The van der Waals surface area contributed by atoms with E-state index in [-0.39, 0.29) is 11.9 Å². The van der Waals surface area contributed by atoms with Crippen LogP contribution in [-0.2, 0) is 4.79 Å². The van der Waals surface area contributed by atoms with Crippen molar-refractivity contribution in [2.45, 2.75) is 25.3 Å². The highest BCUT2D eigenvalue weighted by Crippen LogP contribution is 2.32. The summed E-state index contributed by atoms with van der Waals surface area (Å²) in [7, 11) is 0. The van der Waals surface area contributed by atoms with Crippen LogP contribution in [0.25, 0.3) is 0 Å². The van der Waals surface area contributed by atoms with E-state index in [9.17, 15) is 9.59 Å². The molecule has 1 saturated carbocycles. The lowest BCUT2D eigenvalue weighted by molar-refractivity contribution is -0.119. The van der Waals surface area contributed by atoms with Gasteiger partial charge in [-0.1, -0.05) is 6.07 Å². The van der Waals surface area contributed by atoms with Gasteiger partial charge < -0.3 is 10.6 Å². The fourth-order valence-electron chi connectivity index (χ4n) is 2.30. The number of amides is 3. The minimum atomic E-state index is -0.209. The van der Waals surface area contributed by atoms with Crippen molar-refractivity contribution in [2.24, 2.45) is 0 Å². The second kappa shape index (κ2) is 4.01. The Balaban J connectivity index is 1.92. The smallest absolute Gasteiger partial charge is 0.331 e. The van der Waals surface area contributed by atoms with Gasteiger partial charge in [-0.3, -0.25) is 4.79 Å². The first-order chi connectivity index (χ1) is 8.66. The van der Waals surface area contributed by atoms with Crippen LogP contribution in [0.3, 0.4) is 0 Å². The zero-order chi connectivity index (χ0) is 12.7. The number of hydrogen-bond acceptors (Lipinski definition) is 3. The van der Waals surface area contributed by atoms with Crippen molar-refractivity contribution >= 4 is 23.3 Å². The molecule has 1 aromatic carbocycles. The standard InChI is InChI=1S/C13H15N3O2/c14-9-2-1-3-11(8-9)16-12(17)6-7-15(13(16)18)10-4-5-10/h1-3,8,10H,4-7,14H2. The van der Waals surface area contributed by atoms with Crippen molar-refractivity contribution in [2.75, 3.05) is 17.2 Å². The quantitative estimate of drug-likeness (QED) is 0.804. The molecule has 0 aromatic heterocycles. The molecular weight excluding hydrogens is 230 g/mol. The number of benzene rings is 1. The van der Waals surface area contributed by atoms with Gasteiger partial charge in [0.2, 0.25) is 5.91 Å². The fraction of sp³-hybridized carbons (Fsp3) is 0.385. The molecule has 1 aliphatic heterocycles. The number of hydrogen-bond donors (Lipinski definition) is 1. The largest absolute Gasteiger partial charge is 0.399 e. The summed E-state index contributed by atoms with van der Waals surface area (Å²) in [5.74, 6) is -0.150. The van der Waals surface area contributed by atoms with Gasteiger partial charge in [0.25, 0.3) is 0 Å². The molecule has 2 fully saturated rings. The highest BCUT2D eigenvalue weighted by Gasteiger charge is 2.40. The molecule has 94 valence electrons. The summed E-state index contributed by atoms with van der Waals surface area (Å²) in [6.07, 6.45) is 2.48. The number of carbonyl (C=O) groups is 2. The number of nitrogens with zero attached hydrogens (tertiary/aromatic N) is 2. The van der Waals surface area contributed by atoms with E-state index in [1.165, 1.54) is 4.90 Å². The second-order valence-electron chi connectivity index (χ2n) is 4.78. The summed E-state index contributed by atoms with van der Waals surface area (Å²) in [5, 5.41) is 0. The SMILES string of the molecule is Nc1cccc(N2C(=O)CCN(C3CC3)C2=O)c1. The number of nitrogen functional groups attached to an aromatic ring is 1. The van der Waals surface area contributed by atoms with Gasteiger partial charge in [-0.15, -0.1) is 0 Å². The lowest BCUT2D eigenvalue weighted by Crippen LogP contribution is -2.53. The predicted octanol–water partition coefficient (Wildman–Crippen LogP) is 1.59. The maximum absolute atomic E-state index is 12.3.